The lowest BCUT2D eigenvalue weighted by Gasteiger charge is -2.34. The van der Waals surface area contributed by atoms with Gasteiger partial charge in [-0.15, -0.1) is 13.2 Å². The van der Waals surface area contributed by atoms with E-state index in [0.717, 1.165) is 49.9 Å². The van der Waals surface area contributed by atoms with Gasteiger partial charge in [-0.2, -0.15) is 0 Å². The topological polar surface area (TPSA) is 62.6 Å². The summed E-state index contributed by atoms with van der Waals surface area (Å²) in [6.45, 7) is 2.90. The van der Waals surface area contributed by atoms with Crippen LogP contribution in [0.5, 0.6) is 0 Å². The normalized spacial score (nSPS) is 15.4. The average Bonchev–Trinajstić information content (AvgIpc) is 3.36. The van der Waals surface area contributed by atoms with Gasteiger partial charge in [-0.3, -0.25) is 9.53 Å². The summed E-state index contributed by atoms with van der Waals surface area (Å²) in [7, 11) is 1.87. The third-order valence-electron chi connectivity index (χ3n) is 8.08. The van der Waals surface area contributed by atoms with Crippen molar-refractivity contribution in [2.45, 2.75) is 44.1 Å². The molecule has 1 amide bonds. The van der Waals surface area contributed by atoms with Gasteiger partial charge in [0, 0.05) is 50.7 Å². The molecule has 1 N–H and O–H groups in total. The molecule has 1 unspecified atom stereocenters. The standard InChI is InChI=1S/C33H38F3N5O2/c1-39(31(42)26-12-6-3-7-13-26)24-27(25-10-4-2-5-11-25)16-19-40-20-17-28(18-21-40)37-32-38-29-14-8-9-15-30(29)41(32)22-23-43-33(34,35)36/h2-15,27-28H,16-24H2,1H3,(H,37,38). The number of anilines is 1. The van der Waals surface area contributed by atoms with Crippen LogP contribution in [0.2, 0.25) is 0 Å². The third-order valence-corrected chi connectivity index (χ3v) is 8.08. The van der Waals surface area contributed by atoms with Gasteiger partial charge in [0.05, 0.1) is 17.6 Å². The largest absolute Gasteiger partial charge is 0.522 e. The number of nitrogens with zero attached hydrogens (tertiary/aromatic N) is 4. The average molecular weight is 594 g/mol. The molecule has 1 aliphatic rings. The van der Waals surface area contributed by atoms with Crippen molar-refractivity contribution >= 4 is 22.9 Å². The van der Waals surface area contributed by atoms with Gasteiger partial charge in [-0.05, 0) is 55.6 Å². The summed E-state index contributed by atoms with van der Waals surface area (Å²) in [4.78, 5) is 22.0. The van der Waals surface area contributed by atoms with E-state index in [9.17, 15) is 18.0 Å². The van der Waals surface area contributed by atoms with E-state index in [-0.39, 0.29) is 24.4 Å². The van der Waals surface area contributed by atoms with Crippen molar-refractivity contribution in [3.8, 4) is 0 Å². The molecular weight excluding hydrogens is 555 g/mol. The van der Waals surface area contributed by atoms with E-state index in [0.29, 0.717) is 18.1 Å². The van der Waals surface area contributed by atoms with Crippen LogP contribution < -0.4 is 5.32 Å². The quantitative estimate of drug-likeness (QED) is 0.206. The number of hydrogen-bond donors (Lipinski definition) is 1. The zero-order valence-corrected chi connectivity index (χ0v) is 24.3. The van der Waals surface area contributed by atoms with E-state index in [1.54, 1.807) is 4.57 Å². The van der Waals surface area contributed by atoms with Crippen LogP contribution in [0.25, 0.3) is 11.0 Å². The van der Waals surface area contributed by atoms with Crippen molar-refractivity contribution in [3.63, 3.8) is 0 Å². The molecule has 0 bridgehead atoms. The number of likely N-dealkylation sites (N-methyl/N-ethyl adjacent to an activating group) is 1. The molecule has 5 rings (SSSR count). The zero-order chi connectivity index (χ0) is 30.2. The molecule has 7 nitrogen and oxygen atoms in total. The molecule has 10 heteroatoms. The highest BCUT2D eigenvalue weighted by molar-refractivity contribution is 5.94. The van der Waals surface area contributed by atoms with Gasteiger partial charge < -0.3 is 19.7 Å². The number of alkyl halides is 3. The summed E-state index contributed by atoms with van der Waals surface area (Å²) in [5.41, 5.74) is 3.42. The molecule has 43 heavy (non-hydrogen) atoms. The second kappa shape index (κ2) is 14.1. The summed E-state index contributed by atoms with van der Waals surface area (Å²) >= 11 is 0. The van der Waals surface area contributed by atoms with Crippen molar-refractivity contribution in [2.24, 2.45) is 0 Å². The van der Waals surface area contributed by atoms with Gasteiger partial charge in [-0.1, -0.05) is 60.7 Å². The van der Waals surface area contributed by atoms with Crippen molar-refractivity contribution < 1.29 is 22.7 Å². The molecule has 0 spiro atoms. The van der Waals surface area contributed by atoms with Crippen LogP contribution in [-0.4, -0.2) is 77.5 Å². The molecule has 1 saturated heterocycles. The van der Waals surface area contributed by atoms with Gasteiger partial charge in [0.1, 0.15) is 0 Å². The van der Waals surface area contributed by atoms with Crippen LogP contribution in [-0.2, 0) is 11.3 Å². The van der Waals surface area contributed by atoms with Crippen molar-refractivity contribution in [2.75, 3.05) is 45.2 Å². The molecular formula is C33H38F3N5O2. The van der Waals surface area contributed by atoms with Crippen LogP contribution in [0.4, 0.5) is 19.1 Å². The number of amides is 1. The Morgan fingerprint density at radius 3 is 2.33 bits per heavy atom. The Hall–Kier alpha value is -3.89. The monoisotopic (exact) mass is 593 g/mol. The first-order chi connectivity index (χ1) is 20.8. The van der Waals surface area contributed by atoms with Crippen molar-refractivity contribution in [3.05, 3.63) is 96.1 Å². The fourth-order valence-electron chi connectivity index (χ4n) is 5.79. The summed E-state index contributed by atoms with van der Waals surface area (Å²) in [5, 5.41) is 3.50. The van der Waals surface area contributed by atoms with Crippen LogP contribution in [0.1, 0.15) is 41.1 Å². The Kier molecular flexibility index (Phi) is 9.99. The van der Waals surface area contributed by atoms with Gasteiger partial charge in [0.25, 0.3) is 5.91 Å². The van der Waals surface area contributed by atoms with Gasteiger partial charge >= 0.3 is 6.36 Å². The van der Waals surface area contributed by atoms with E-state index in [2.05, 4.69) is 32.1 Å². The minimum absolute atomic E-state index is 0.0180. The number of hydrogen-bond acceptors (Lipinski definition) is 5. The lowest BCUT2D eigenvalue weighted by molar-refractivity contribution is -0.325. The van der Waals surface area contributed by atoms with Crippen LogP contribution in [0.15, 0.2) is 84.9 Å². The Morgan fingerprint density at radius 1 is 0.977 bits per heavy atom. The number of likely N-dealkylation sites (tertiary alicyclic amines) is 1. The summed E-state index contributed by atoms with van der Waals surface area (Å²) in [5.74, 6) is 0.790. The number of halogens is 3. The predicted molar refractivity (Wildman–Crippen MR) is 162 cm³/mol. The van der Waals surface area contributed by atoms with E-state index in [1.165, 1.54) is 5.56 Å². The molecule has 3 aromatic carbocycles. The maximum Gasteiger partial charge on any atom is 0.522 e. The number of piperidine rings is 1. The lowest BCUT2D eigenvalue weighted by Crippen LogP contribution is -2.40. The molecule has 1 atom stereocenters. The van der Waals surface area contributed by atoms with Gasteiger partial charge in [0.15, 0.2) is 0 Å². The molecule has 228 valence electrons. The molecule has 4 aromatic rings. The first kappa shape index (κ1) is 30.6. The highest BCUT2D eigenvalue weighted by atomic mass is 19.4. The van der Waals surface area contributed by atoms with E-state index >= 15 is 0 Å². The smallest absolute Gasteiger partial charge is 0.353 e. The fourth-order valence-corrected chi connectivity index (χ4v) is 5.79. The van der Waals surface area contributed by atoms with E-state index in [1.807, 2.05) is 84.7 Å². The summed E-state index contributed by atoms with van der Waals surface area (Å²) in [6, 6.07) is 27.3. The number of benzene rings is 3. The highest BCUT2D eigenvalue weighted by Crippen LogP contribution is 2.26. The number of carbonyl (C=O) groups is 1. The number of ether oxygens (including phenoxy) is 1. The Balaban J connectivity index is 1.17. The minimum atomic E-state index is -4.66. The zero-order valence-electron chi connectivity index (χ0n) is 24.3. The lowest BCUT2D eigenvalue weighted by atomic mass is 9.94. The Labute approximate surface area is 250 Å². The van der Waals surface area contributed by atoms with Gasteiger partial charge in [-0.25, -0.2) is 4.98 Å². The summed E-state index contributed by atoms with van der Waals surface area (Å²) < 4.78 is 43.6. The third kappa shape index (κ3) is 8.36. The molecule has 1 aliphatic heterocycles. The Bertz CT molecular complexity index is 1450. The maximum atomic E-state index is 13.0. The first-order valence-electron chi connectivity index (χ1n) is 14.8. The van der Waals surface area contributed by atoms with Crippen molar-refractivity contribution in [1.82, 2.24) is 19.4 Å². The molecule has 0 aliphatic carbocycles. The minimum Gasteiger partial charge on any atom is -0.353 e. The van der Waals surface area contributed by atoms with Crippen molar-refractivity contribution in [1.29, 1.82) is 0 Å². The molecule has 0 radical (unpaired) electrons. The molecule has 1 fully saturated rings. The van der Waals surface area contributed by atoms with Crippen LogP contribution >= 0.6 is 0 Å². The predicted octanol–water partition coefficient (Wildman–Crippen LogP) is 6.40. The molecule has 2 heterocycles. The van der Waals surface area contributed by atoms with Crippen LogP contribution in [0.3, 0.4) is 0 Å². The number of imidazole rings is 1. The first-order valence-corrected chi connectivity index (χ1v) is 14.8. The highest BCUT2D eigenvalue weighted by Gasteiger charge is 2.29. The molecule has 0 saturated carbocycles. The van der Waals surface area contributed by atoms with E-state index < -0.39 is 13.0 Å². The second-order valence-electron chi connectivity index (χ2n) is 11.1. The number of para-hydroxylation sites is 2. The SMILES string of the molecule is CN(CC(CCN1CCC(Nc2nc3ccccc3n2CCOC(F)(F)F)CC1)c1ccccc1)C(=O)c1ccccc1. The van der Waals surface area contributed by atoms with E-state index in [4.69, 9.17) is 0 Å². The number of nitrogens with one attached hydrogen (secondary N) is 1. The number of aromatic nitrogens is 2. The fraction of sp³-hybridized carbons (Fsp3) is 0.394. The maximum absolute atomic E-state index is 13.0. The molecule has 1 aromatic heterocycles. The number of rotatable bonds is 12. The van der Waals surface area contributed by atoms with Crippen LogP contribution in [0, 0.1) is 0 Å². The second-order valence-corrected chi connectivity index (χ2v) is 11.1. The Morgan fingerprint density at radius 2 is 1.63 bits per heavy atom. The van der Waals surface area contributed by atoms with Gasteiger partial charge in [0.2, 0.25) is 5.95 Å². The number of fused-ring (bicyclic) bond motifs is 1. The summed E-state index contributed by atoms with van der Waals surface area (Å²) in [6.07, 6.45) is -1.96. The number of carbonyl (C=O) groups excluding carboxylic acids is 1.